The molecule has 0 saturated carbocycles. The molecule has 0 aliphatic rings. The molecule has 0 radical (unpaired) electrons. The van der Waals surface area contributed by atoms with Crippen LogP contribution < -0.4 is 15.4 Å². The average Bonchev–Trinajstić information content (AvgIpc) is 2.65. The summed E-state index contributed by atoms with van der Waals surface area (Å²) in [6.45, 7) is 5.90. The number of hydrogen-bond acceptors (Lipinski definition) is 4. The van der Waals surface area contributed by atoms with Crippen molar-refractivity contribution >= 4 is 23.5 Å². The number of anilines is 1. The van der Waals surface area contributed by atoms with Crippen molar-refractivity contribution in [2.24, 2.45) is 5.41 Å². The molecule has 0 bridgehead atoms. The van der Waals surface area contributed by atoms with Crippen molar-refractivity contribution in [3.8, 4) is 5.75 Å². The monoisotopic (exact) mass is 384 g/mol. The predicted octanol–water partition coefficient (Wildman–Crippen LogP) is 3.31. The van der Waals surface area contributed by atoms with Crippen LogP contribution in [-0.2, 0) is 11.3 Å². The third-order valence-electron chi connectivity index (χ3n) is 4.05. The van der Waals surface area contributed by atoms with Crippen LogP contribution in [0, 0.1) is 5.41 Å². The number of amides is 2. The second-order valence-electron chi connectivity index (χ2n) is 7.30. The zero-order valence-electron chi connectivity index (χ0n) is 16.3. The molecule has 2 rings (SSSR count). The van der Waals surface area contributed by atoms with E-state index in [2.05, 4.69) is 10.6 Å². The van der Waals surface area contributed by atoms with Gasteiger partial charge in [0.05, 0.1) is 18.4 Å². The quantitative estimate of drug-likeness (QED) is 0.709. The maximum absolute atomic E-state index is 12.5. The van der Waals surface area contributed by atoms with Gasteiger partial charge in [-0.25, -0.2) is 4.79 Å². The largest absolute Gasteiger partial charge is 0.495 e. The molecular formula is C21H24N2O5. The normalized spacial score (nSPS) is 10.9. The van der Waals surface area contributed by atoms with E-state index in [1.807, 2.05) is 20.8 Å². The van der Waals surface area contributed by atoms with Crippen LogP contribution in [0.3, 0.4) is 0 Å². The first-order valence-electron chi connectivity index (χ1n) is 8.71. The Morgan fingerprint density at radius 2 is 1.61 bits per heavy atom. The van der Waals surface area contributed by atoms with E-state index in [0.717, 1.165) is 5.56 Å². The van der Waals surface area contributed by atoms with Gasteiger partial charge in [-0.15, -0.1) is 0 Å². The molecule has 3 N–H and O–H groups in total. The lowest BCUT2D eigenvalue weighted by Crippen LogP contribution is -2.34. The highest BCUT2D eigenvalue weighted by molar-refractivity contribution is 6.05. The van der Waals surface area contributed by atoms with Crippen LogP contribution in [0.5, 0.6) is 5.75 Å². The molecule has 2 aromatic carbocycles. The predicted molar refractivity (Wildman–Crippen MR) is 106 cm³/mol. The van der Waals surface area contributed by atoms with Crippen molar-refractivity contribution in [3.05, 3.63) is 59.2 Å². The number of carboxylic acids is 1. The van der Waals surface area contributed by atoms with Crippen LogP contribution >= 0.6 is 0 Å². The van der Waals surface area contributed by atoms with E-state index in [4.69, 9.17) is 9.84 Å². The number of aromatic carboxylic acids is 1. The Labute approximate surface area is 163 Å². The maximum Gasteiger partial charge on any atom is 0.335 e. The fourth-order valence-electron chi connectivity index (χ4n) is 2.34. The number of nitrogens with one attached hydrogen (secondary N) is 2. The van der Waals surface area contributed by atoms with Gasteiger partial charge in [-0.3, -0.25) is 9.59 Å². The fraction of sp³-hybridized carbons (Fsp3) is 0.286. The lowest BCUT2D eigenvalue weighted by molar-refractivity contribution is -0.128. The zero-order valence-corrected chi connectivity index (χ0v) is 16.3. The molecule has 0 heterocycles. The summed E-state index contributed by atoms with van der Waals surface area (Å²) in [5.74, 6) is -1.22. The van der Waals surface area contributed by atoms with Gasteiger partial charge in [-0.05, 0) is 35.9 Å². The molecule has 0 fully saturated rings. The summed E-state index contributed by atoms with van der Waals surface area (Å²) >= 11 is 0. The van der Waals surface area contributed by atoms with Gasteiger partial charge in [0.1, 0.15) is 5.75 Å². The van der Waals surface area contributed by atoms with Crippen LogP contribution in [0.2, 0.25) is 0 Å². The van der Waals surface area contributed by atoms with E-state index in [9.17, 15) is 14.4 Å². The molecule has 0 saturated heterocycles. The second-order valence-corrected chi connectivity index (χ2v) is 7.30. The Bertz CT molecular complexity index is 883. The van der Waals surface area contributed by atoms with Crippen LogP contribution in [0.1, 0.15) is 47.1 Å². The van der Waals surface area contributed by atoms with Crippen LogP contribution in [0.4, 0.5) is 5.69 Å². The van der Waals surface area contributed by atoms with Gasteiger partial charge in [0.25, 0.3) is 5.91 Å². The first-order valence-corrected chi connectivity index (χ1v) is 8.71. The van der Waals surface area contributed by atoms with Gasteiger partial charge in [0.15, 0.2) is 0 Å². The smallest absolute Gasteiger partial charge is 0.335 e. The standard InChI is InChI=1S/C21H24N2O5/c1-21(2,3)20(27)22-12-13-5-7-14(8-6-13)18(24)23-16-10-9-15(19(25)26)11-17(16)28-4/h5-11H,12H2,1-4H3,(H,22,27)(H,23,24)(H,25,26). The summed E-state index contributed by atoms with van der Waals surface area (Å²) in [5.41, 5.74) is 1.28. The van der Waals surface area contributed by atoms with Crippen molar-refractivity contribution in [1.29, 1.82) is 0 Å². The number of ether oxygens (including phenoxy) is 1. The SMILES string of the molecule is COc1cc(C(=O)O)ccc1NC(=O)c1ccc(CNC(=O)C(C)(C)C)cc1. The van der Waals surface area contributed by atoms with Gasteiger partial charge in [-0.2, -0.15) is 0 Å². The minimum atomic E-state index is -1.08. The number of carbonyl (C=O) groups is 3. The first kappa shape index (κ1) is 21.0. The number of methoxy groups -OCH3 is 1. The van der Waals surface area contributed by atoms with E-state index in [-0.39, 0.29) is 23.1 Å². The Morgan fingerprint density at radius 1 is 1.00 bits per heavy atom. The molecule has 0 unspecified atom stereocenters. The van der Waals surface area contributed by atoms with Gasteiger partial charge >= 0.3 is 5.97 Å². The molecule has 7 heteroatoms. The van der Waals surface area contributed by atoms with Gasteiger partial charge in [-0.1, -0.05) is 32.9 Å². The van der Waals surface area contributed by atoms with Crippen LogP contribution in [-0.4, -0.2) is 30.0 Å². The summed E-state index contributed by atoms with van der Waals surface area (Å²) in [6, 6.07) is 11.1. The summed E-state index contributed by atoms with van der Waals surface area (Å²) in [4.78, 5) is 35.4. The van der Waals surface area contributed by atoms with Gasteiger partial charge in [0, 0.05) is 17.5 Å². The third kappa shape index (κ3) is 5.33. The lowest BCUT2D eigenvalue weighted by Gasteiger charge is -2.17. The third-order valence-corrected chi connectivity index (χ3v) is 4.05. The van der Waals surface area contributed by atoms with Crippen molar-refractivity contribution in [2.75, 3.05) is 12.4 Å². The first-order chi connectivity index (χ1) is 13.1. The molecule has 0 aliphatic carbocycles. The van der Waals surface area contributed by atoms with Crippen molar-refractivity contribution in [1.82, 2.24) is 5.32 Å². The highest BCUT2D eigenvalue weighted by Crippen LogP contribution is 2.26. The Morgan fingerprint density at radius 3 is 2.14 bits per heavy atom. The van der Waals surface area contributed by atoms with Crippen molar-refractivity contribution < 1.29 is 24.2 Å². The number of hydrogen-bond donors (Lipinski definition) is 3. The zero-order chi connectivity index (χ0) is 20.9. The van der Waals surface area contributed by atoms with E-state index in [1.54, 1.807) is 24.3 Å². The van der Waals surface area contributed by atoms with E-state index in [1.165, 1.54) is 25.3 Å². The van der Waals surface area contributed by atoms with Crippen molar-refractivity contribution in [3.63, 3.8) is 0 Å². The van der Waals surface area contributed by atoms with Crippen LogP contribution in [0.15, 0.2) is 42.5 Å². The average molecular weight is 384 g/mol. The van der Waals surface area contributed by atoms with Gasteiger partial charge < -0.3 is 20.5 Å². The molecule has 0 atom stereocenters. The summed E-state index contributed by atoms with van der Waals surface area (Å²) in [5, 5.41) is 14.6. The van der Waals surface area contributed by atoms with Gasteiger partial charge in [0.2, 0.25) is 5.91 Å². The van der Waals surface area contributed by atoms with E-state index >= 15 is 0 Å². The molecule has 0 aliphatic heterocycles. The molecule has 0 aromatic heterocycles. The molecule has 28 heavy (non-hydrogen) atoms. The Kier molecular flexibility index (Phi) is 6.41. The summed E-state index contributed by atoms with van der Waals surface area (Å²) in [6.07, 6.45) is 0. The Hall–Kier alpha value is -3.35. The lowest BCUT2D eigenvalue weighted by atomic mass is 9.95. The molecule has 7 nitrogen and oxygen atoms in total. The number of rotatable bonds is 6. The summed E-state index contributed by atoms with van der Waals surface area (Å²) < 4.78 is 5.16. The van der Waals surface area contributed by atoms with Crippen LogP contribution in [0.25, 0.3) is 0 Å². The fourth-order valence-corrected chi connectivity index (χ4v) is 2.34. The van der Waals surface area contributed by atoms with E-state index in [0.29, 0.717) is 17.8 Å². The topological polar surface area (TPSA) is 105 Å². The minimum Gasteiger partial charge on any atom is -0.495 e. The number of benzene rings is 2. The molecule has 0 spiro atoms. The highest BCUT2D eigenvalue weighted by atomic mass is 16.5. The van der Waals surface area contributed by atoms with E-state index < -0.39 is 11.4 Å². The maximum atomic E-state index is 12.5. The second kappa shape index (κ2) is 8.56. The number of carbonyl (C=O) groups excluding carboxylic acids is 2. The number of carboxylic acid groups (broad SMARTS) is 1. The molecule has 2 amide bonds. The molecular weight excluding hydrogens is 360 g/mol. The highest BCUT2D eigenvalue weighted by Gasteiger charge is 2.20. The molecule has 2 aromatic rings. The Balaban J connectivity index is 2.05. The molecule has 148 valence electrons. The summed E-state index contributed by atoms with van der Waals surface area (Å²) in [7, 11) is 1.40. The van der Waals surface area contributed by atoms with Crippen molar-refractivity contribution in [2.45, 2.75) is 27.3 Å². The minimum absolute atomic E-state index is 0.0498.